The minimum atomic E-state index is -0.998. The normalized spacial score (nSPS) is 12.6. The molecule has 1 N–H and O–H groups in total. The van der Waals surface area contributed by atoms with Crippen LogP contribution in [0.4, 0.5) is 0 Å². The molecule has 0 spiro atoms. The molecule has 0 fully saturated rings. The Hall–Kier alpha value is -1.67. The van der Waals surface area contributed by atoms with Crippen molar-refractivity contribution in [3.63, 3.8) is 0 Å². The van der Waals surface area contributed by atoms with E-state index in [1.54, 1.807) is 0 Å². The number of carbonyl (C=O) groups excluding carboxylic acids is 3. The van der Waals surface area contributed by atoms with Gasteiger partial charge in [0, 0.05) is 19.3 Å². The van der Waals surface area contributed by atoms with Crippen LogP contribution in [0.25, 0.3) is 0 Å². The van der Waals surface area contributed by atoms with Gasteiger partial charge >= 0.3 is 17.9 Å². The van der Waals surface area contributed by atoms with Crippen molar-refractivity contribution in [2.45, 2.75) is 323 Å². The summed E-state index contributed by atoms with van der Waals surface area (Å²) in [7, 11) is 0. The Balaban J connectivity index is 4.37. The Kier molecular flexibility index (Phi) is 50.4. The Morgan fingerprint density at radius 3 is 0.853 bits per heavy atom. The van der Waals surface area contributed by atoms with Crippen LogP contribution >= 0.6 is 0 Å². The fraction of sp³-hybridized carbons (Fsp3) is 0.950. The van der Waals surface area contributed by atoms with Gasteiger partial charge in [-0.1, -0.05) is 273 Å². The minimum absolute atomic E-state index is 0.0153. The largest absolute Gasteiger partial charge is 0.463 e. The molecule has 0 rings (SSSR count). The molecule has 68 heavy (non-hydrogen) atoms. The summed E-state index contributed by atoms with van der Waals surface area (Å²) < 4.78 is 22.4. The first kappa shape index (κ1) is 66.3. The lowest BCUT2D eigenvalue weighted by atomic mass is 10.0. The van der Waals surface area contributed by atoms with E-state index in [9.17, 15) is 19.5 Å². The van der Waals surface area contributed by atoms with Crippen LogP contribution in [0.3, 0.4) is 0 Å². The van der Waals surface area contributed by atoms with Crippen LogP contribution in [0, 0.1) is 17.8 Å². The van der Waals surface area contributed by atoms with Gasteiger partial charge in [-0.15, -0.1) is 0 Å². The maximum Gasteiger partial charge on any atom is 0.306 e. The topological polar surface area (TPSA) is 108 Å². The van der Waals surface area contributed by atoms with Gasteiger partial charge in [-0.2, -0.15) is 0 Å². The maximum absolute atomic E-state index is 12.9. The number of rotatable bonds is 54. The Labute approximate surface area is 422 Å². The van der Waals surface area contributed by atoms with Crippen LogP contribution in [0.1, 0.15) is 311 Å². The first-order valence-electron chi connectivity index (χ1n) is 29.8. The second-order valence-electron chi connectivity index (χ2n) is 22.2. The van der Waals surface area contributed by atoms with E-state index < -0.39 is 12.2 Å². The minimum Gasteiger partial charge on any atom is -0.463 e. The molecule has 8 heteroatoms. The van der Waals surface area contributed by atoms with E-state index in [2.05, 4.69) is 41.5 Å². The van der Waals surface area contributed by atoms with Crippen molar-refractivity contribution in [3.8, 4) is 0 Å². The first-order chi connectivity index (χ1) is 33.0. The van der Waals surface area contributed by atoms with Gasteiger partial charge < -0.3 is 24.1 Å². The predicted octanol–water partition coefficient (Wildman–Crippen LogP) is 17.7. The molecule has 0 aliphatic heterocycles. The first-order valence-corrected chi connectivity index (χ1v) is 29.8. The highest BCUT2D eigenvalue weighted by molar-refractivity contribution is 5.70. The van der Waals surface area contributed by atoms with Crippen LogP contribution in [0.5, 0.6) is 0 Å². The fourth-order valence-electron chi connectivity index (χ4n) is 9.03. The van der Waals surface area contributed by atoms with E-state index in [0.29, 0.717) is 19.3 Å². The summed E-state index contributed by atoms with van der Waals surface area (Å²) in [5.74, 6) is 1.56. The zero-order chi connectivity index (χ0) is 50.0. The Morgan fingerprint density at radius 2 is 0.559 bits per heavy atom. The molecule has 0 saturated heterocycles. The third kappa shape index (κ3) is 53.7. The smallest absolute Gasteiger partial charge is 0.306 e. The van der Waals surface area contributed by atoms with E-state index in [0.717, 1.165) is 75.5 Å². The molecule has 0 amide bonds. The number of aliphatic hydroxyl groups is 1. The molecule has 0 heterocycles. The predicted molar refractivity (Wildman–Crippen MR) is 287 cm³/mol. The molecule has 0 bridgehead atoms. The fourth-order valence-corrected chi connectivity index (χ4v) is 9.03. The van der Waals surface area contributed by atoms with Crippen molar-refractivity contribution in [2.75, 3.05) is 26.4 Å². The Bertz CT molecular complexity index is 1080. The monoisotopic (exact) mass is 965 g/mol. The van der Waals surface area contributed by atoms with Crippen molar-refractivity contribution < 1.29 is 38.4 Å². The molecular weight excluding hydrogens is 849 g/mol. The second kappa shape index (κ2) is 51.7. The molecule has 0 radical (unpaired) electrons. The third-order valence-electron chi connectivity index (χ3n) is 13.5. The Morgan fingerprint density at radius 1 is 0.309 bits per heavy atom. The summed E-state index contributed by atoms with van der Waals surface area (Å²) in [6, 6.07) is 0. The van der Waals surface area contributed by atoms with Crippen molar-refractivity contribution in [3.05, 3.63) is 0 Å². The van der Waals surface area contributed by atoms with Crippen LogP contribution in [-0.2, 0) is 33.3 Å². The number of esters is 3. The van der Waals surface area contributed by atoms with Crippen molar-refractivity contribution >= 4 is 17.9 Å². The number of aliphatic hydroxyl groups excluding tert-OH is 1. The standard InChI is InChI=1S/C60H116O8/c1-53(2)43-37-31-25-19-13-7-10-16-22-28-34-40-46-58(62)66-50-56(61)49-65-51-57(68-60(64)48-42-36-30-24-18-12-9-15-21-27-33-39-45-55(5)6)52-67-59(63)47-41-35-29-23-17-11-8-14-20-26-32-38-44-54(3)4/h53-57,61H,7-52H2,1-6H3. The van der Waals surface area contributed by atoms with E-state index >= 15 is 0 Å². The molecular formula is C60H116O8. The van der Waals surface area contributed by atoms with Crippen LogP contribution in [-0.4, -0.2) is 61.6 Å². The maximum atomic E-state index is 12.9. The molecule has 404 valence electrons. The highest BCUT2D eigenvalue weighted by Crippen LogP contribution is 2.18. The SMILES string of the molecule is CC(C)CCCCCCCCCCCCCCC(=O)OCC(O)COCC(COC(=O)CCCCCCCCCCCCCCC(C)C)OC(=O)CCCCCCCCCCCCCCC(C)C. The number of hydrogen-bond acceptors (Lipinski definition) is 8. The summed E-state index contributed by atoms with van der Waals surface area (Å²) in [5.41, 5.74) is 0. The quantitative estimate of drug-likeness (QED) is 0.0365. The van der Waals surface area contributed by atoms with Crippen LogP contribution in [0.2, 0.25) is 0 Å². The summed E-state index contributed by atoms with van der Waals surface area (Å²) in [4.78, 5) is 37.8. The second-order valence-corrected chi connectivity index (χ2v) is 22.2. The molecule has 0 aliphatic rings. The van der Waals surface area contributed by atoms with Gasteiger partial charge in [-0.05, 0) is 37.0 Å². The van der Waals surface area contributed by atoms with Gasteiger partial charge in [0.2, 0.25) is 0 Å². The highest BCUT2D eigenvalue weighted by Gasteiger charge is 2.19. The van der Waals surface area contributed by atoms with Crippen molar-refractivity contribution in [1.82, 2.24) is 0 Å². The molecule has 8 nitrogen and oxygen atoms in total. The van der Waals surface area contributed by atoms with Gasteiger partial charge in [-0.25, -0.2) is 0 Å². The molecule has 2 unspecified atom stereocenters. The van der Waals surface area contributed by atoms with Crippen LogP contribution in [0.15, 0.2) is 0 Å². The molecule has 0 aromatic heterocycles. The van der Waals surface area contributed by atoms with Gasteiger partial charge in [0.15, 0.2) is 6.10 Å². The number of ether oxygens (including phenoxy) is 4. The van der Waals surface area contributed by atoms with Crippen LogP contribution < -0.4 is 0 Å². The van der Waals surface area contributed by atoms with E-state index in [4.69, 9.17) is 18.9 Å². The zero-order valence-corrected chi connectivity index (χ0v) is 46.2. The lowest BCUT2D eigenvalue weighted by Gasteiger charge is -2.19. The summed E-state index contributed by atoms with van der Waals surface area (Å²) >= 11 is 0. The lowest BCUT2D eigenvalue weighted by molar-refractivity contribution is -0.164. The number of unbranched alkanes of at least 4 members (excludes halogenated alkanes) is 33. The third-order valence-corrected chi connectivity index (χ3v) is 13.5. The lowest BCUT2D eigenvalue weighted by Crippen LogP contribution is -2.32. The number of hydrogen-bond donors (Lipinski definition) is 1. The van der Waals surface area contributed by atoms with Gasteiger partial charge in [0.05, 0.1) is 13.2 Å². The summed E-state index contributed by atoms with van der Waals surface area (Å²) in [5, 5.41) is 10.5. The van der Waals surface area contributed by atoms with Gasteiger partial charge in [0.1, 0.15) is 19.3 Å². The van der Waals surface area contributed by atoms with Crippen molar-refractivity contribution in [1.29, 1.82) is 0 Å². The average Bonchev–Trinajstić information content (AvgIpc) is 3.29. The van der Waals surface area contributed by atoms with Crippen molar-refractivity contribution in [2.24, 2.45) is 17.8 Å². The summed E-state index contributed by atoms with van der Waals surface area (Å²) in [6.07, 6.45) is 47.9. The summed E-state index contributed by atoms with van der Waals surface area (Å²) in [6.45, 7) is 13.5. The average molecular weight is 966 g/mol. The molecule has 0 aromatic carbocycles. The van der Waals surface area contributed by atoms with E-state index in [-0.39, 0.29) is 44.3 Å². The molecule has 0 saturated carbocycles. The molecule has 0 aliphatic carbocycles. The van der Waals surface area contributed by atoms with E-state index in [1.807, 2.05) is 0 Å². The van der Waals surface area contributed by atoms with Gasteiger partial charge in [-0.3, -0.25) is 14.4 Å². The number of carbonyl (C=O) groups is 3. The van der Waals surface area contributed by atoms with Gasteiger partial charge in [0.25, 0.3) is 0 Å². The molecule has 2 atom stereocenters. The zero-order valence-electron chi connectivity index (χ0n) is 46.2. The van der Waals surface area contributed by atoms with E-state index in [1.165, 1.54) is 193 Å². The highest BCUT2D eigenvalue weighted by atomic mass is 16.6. The molecule has 0 aromatic rings.